The van der Waals surface area contributed by atoms with Gasteiger partial charge in [-0.05, 0) is 24.6 Å². The van der Waals surface area contributed by atoms with Gasteiger partial charge in [0.15, 0.2) is 0 Å². The summed E-state index contributed by atoms with van der Waals surface area (Å²) in [6, 6.07) is 11.5. The number of carbonyl (C=O) groups excluding carboxylic acids is 1. The molecule has 1 unspecified atom stereocenters. The molecular formula is C20H21NO3. The van der Waals surface area contributed by atoms with Crippen LogP contribution < -0.4 is 0 Å². The Morgan fingerprint density at radius 1 is 1.42 bits per heavy atom. The largest absolute Gasteiger partial charge is 0.461 e. The van der Waals surface area contributed by atoms with Gasteiger partial charge in [-0.2, -0.15) is 0 Å². The lowest BCUT2D eigenvalue weighted by atomic mass is 10.1. The fourth-order valence-electron chi connectivity index (χ4n) is 2.49. The molecule has 0 bridgehead atoms. The lowest BCUT2D eigenvalue weighted by molar-refractivity contribution is 0.0515. The number of nitrogens with zero attached hydrogens (tertiary/aromatic N) is 1. The Balaban J connectivity index is 2.27. The van der Waals surface area contributed by atoms with E-state index < -0.39 is 12.1 Å². The number of esters is 1. The van der Waals surface area contributed by atoms with Crippen molar-refractivity contribution in [2.24, 2.45) is 7.05 Å². The first-order valence-corrected chi connectivity index (χ1v) is 7.73. The minimum absolute atomic E-state index is 0.311. The monoisotopic (exact) mass is 323 g/mol. The summed E-state index contributed by atoms with van der Waals surface area (Å²) in [6.07, 6.45) is 6.74. The number of rotatable bonds is 7. The third-order valence-electron chi connectivity index (χ3n) is 3.68. The molecule has 2 rings (SSSR count). The lowest BCUT2D eigenvalue weighted by Gasteiger charge is -2.13. The van der Waals surface area contributed by atoms with Gasteiger partial charge in [0.1, 0.15) is 11.8 Å². The van der Waals surface area contributed by atoms with Crippen LogP contribution in [-0.4, -0.2) is 17.1 Å². The summed E-state index contributed by atoms with van der Waals surface area (Å²) < 4.78 is 12.7. The van der Waals surface area contributed by atoms with E-state index in [0.717, 1.165) is 16.8 Å². The van der Waals surface area contributed by atoms with Crippen LogP contribution in [0.3, 0.4) is 0 Å². The number of hydrogen-bond acceptors (Lipinski definition) is 3. The average molecular weight is 323 g/mol. The van der Waals surface area contributed by atoms with Crippen LogP contribution in [0.5, 0.6) is 0 Å². The van der Waals surface area contributed by atoms with Gasteiger partial charge in [-0.25, -0.2) is 4.79 Å². The van der Waals surface area contributed by atoms with E-state index in [2.05, 4.69) is 12.5 Å². The third kappa shape index (κ3) is 3.76. The lowest BCUT2D eigenvalue weighted by Crippen LogP contribution is -2.10. The number of carbonyl (C=O) groups is 1. The van der Waals surface area contributed by atoms with Crippen molar-refractivity contribution in [1.82, 2.24) is 4.57 Å². The number of benzene rings is 1. The quantitative estimate of drug-likeness (QED) is 0.576. The second-order valence-corrected chi connectivity index (χ2v) is 5.20. The van der Waals surface area contributed by atoms with Crippen molar-refractivity contribution in [2.45, 2.75) is 19.6 Å². The zero-order valence-corrected chi connectivity index (χ0v) is 14.0. The highest BCUT2D eigenvalue weighted by atomic mass is 16.5. The second kappa shape index (κ2) is 8.19. The molecule has 124 valence electrons. The summed E-state index contributed by atoms with van der Waals surface area (Å²) in [5, 5.41) is 0. The molecule has 0 radical (unpaired) electrons. The minimum atomic E-state index is -0.576. The molecule has 2 aromatic rings. The van der Waals surface area contributed by atoms with Gasteiger partial charge in [0.2, 0.25) is 0 Å². The van der Waals surface area contributed by atoms with Gasteiger partial charge in [-0.3, -0.25) is 0 Å². The van der Waals surface area contributed by atoms with Crippen LogP contribution in [0.25, 0.3) is 6.08 Å². The van der Waals surface area contributed by atoms with E-state index in [1.165, 1.54) is 0 Å². The summed E-state index contributed by atoms with van der Waals surface area (Å²) in [4.78, 5) is 12.1. The standard InChI is InChI=1S/C20H21NO3/c1-5-17-16(13-18(21(17)4)20(22)23-7-3)19(6-2)24-14-15-11-9-8-10-12-15/h2,5,8-13,19H,1,7,14H2,3-4H3. The predicted octanol–water partition coefficient (Wildman–Crippen LogP) is 3.74. The Kier molecular flexibility index (Phi) is 6.00. The maximum absolute atomic E-state index is 12.1. The van der Waals surface area contributed by atoms with Gasteiger partial charge in [0, 0.05) is 18.3 Å². The van der Waals surface area contributed by atoms with Crippen LogP contribution in [0.2, 0.25) is 0 Å². The molecule has 0 spiro atoms. The highest BCUT2D eigenvalue weighted by Gasteiger charge is 2.22. The maximum atomic E-state index is 12.1. The average Bonchev–Trinajstić information content (AvgIpc) is 2.93. The molecular weight excluding hydrogens is 302 g/mol. The van der Waals surface area contributed by atoms with E-state index in [4.69, 9.17) is 15.9 Å². The molecule has 0 aliphatic carbocycles. The van der Waals surface area contributed by atoms with Crippen LogP contribution >= 0.6 is 0 Å². The molecule has 1 aromatic heterocycles. The molecule has 0 aliphatic rings. The highest BCUT2D eigenvalue weighted by Crippen LogP contribution is 2.27. The first-order chi connectivity index (χ1) is 11.6. The van der Waals surface area contributed by atoms with Gasteiger partial charge >= 0.3 is 5.97 Å². The van der Waals surface area contributed by atoms with E-state index >= 15 is 0 Å². The van der Waals surface area contributed by atoms with Crippen LogP contribution in [-0.2, 0) is 23.1 Å². The molecule has 0 amide bonds. The minimum Gasteiger partial charge on any atom is -0.461 e. The molecule has 0 saturated carbocycles. The Bertz CT molecular complexity index is 753. The van der Waals surface area contributed by atoms with Crippen LogP contribution in [0.15, 0.2) is 43.0 Å². The van der Waals surface area contributed by atoms with Gasteiger partial charge in [-0.1, -0.05) is 42.8 Å². The van der Waals surface area contributed by atoms with E-state index in [-0.39, 0.29) is 0 Å². The first-order valence-electron chi connectivity index (χ1n) is 7.73. The smallest absolute Gasteiger partial charge is 0.354 e. The van der Waals surface area contributed by atoms with Crippen molar-refractivity contribution >= 4 is 12.0 Å². The summed E-state index contributed by atoms with van der Waals surface area (Å²) in [5.41, 5.74) is 2.92. The molecule has 0 saturated heterocycles. The van der Waals surface area contributed by atoms with Crippen LogP contribution in [0.4, 0.5) is 0 Å². The molecule has 1 atom stereocenters. The fraction of sp³-hybridized carbons (Fsp3) is 0.250. The summed E-state index contributed by atoms with van der Waals surface area (Å²) in [6.45, 7) is 6.27. The normalized spacial score (nSPS) is 11.5. The van der Waals surface area contributed by atoms with Crippen molar-refractivity contribution in [3.05, 3.63) is 65.5 Å². The second-order valence-electron chi connectivity index (χ2n) is 5.20. The van der Waals surface area contributed by atoms with Crippen molar-refractivity contribution in [2.75, 3.05) is 6.61 Å². The van der Waals surface area contributed by atoms with Crippen LogP contribution in [0, 0.1) is 12.3 Å². The van der Waals surface area contributed by atoms with Crippen LogP contribution in [0.1, 0.15) is 40.3 Å². The molecule has 24 heavy (non-hydrogen) atoms. The SMILES string of the molecule is C#CC(OCc1ccccc1)c1cc(C(=O)OCC)n(C)c1C=C. The predicted molar refractivity (Wildman–Crippen MR) is 94.3 cm³/mol. The van der Waals surface area contributed by atoms with Gasteiger partial charge in [-0.15, -0.1) is 6.42 Å². The summed E-state index contributed by atoms with van der Waals surface area (Å²) in [5.74, 6) is 2.24. The van der Waals surface area contributed by atoms with Gasteiger partial charge in [0.05, 0.1) is 13.2 Å². The number of ether oxygens (including phenoxy) is 2. The molecule has 4 nitrogen and oxygen atoms in total. The van der Waals surface area contributed by atoms with E-state index in [0.29, 0.717) is 18.9 Å². The topological polar surface area (TPSA) is 40.5 Å². The Morgan fingerprint density at radius 2 is 2.12 bits per heavy atom. The van der Waals surface area contributed by atoms with Crippen molar-refractivity contribution < 1.29 is 14.3 Å². The summed E-state index contributed by atoms with van der Waals surface area (Å²) in [7, 11) is 1.78. The Hall–Kier alpha value is -2.77. The van der Waals surface area contributed by atoms with Crippen molar-refractivity contribution in [3.63, 3.8) is 0 Å². The Labute approximate surface area is 142 Å². The molecule has 0 aliphatic heterocycles. The number of aromatic nitrogens is 1. The van der Waals surface area contributed by atoms with Gasteiger partial charge in [0.25, 0.3) is 0 Å². The molecule has 0 fully saturated rings. The fourth-order valence-corrected chi connectivity index (χ4v) is 2.49. The molecule has 4 heteroatoms. The molecule has 1 heterocycles. The third-order valence-corrected chi connectivity index (χ3v) is 3.68. The number of terminal acetylenes is 1. The highest BCUT2D eigenvalue weighted by molar-refractivity contribution is 5.89. The first kappa shape index (κ1) is 17.6. The molecule has 0 N–H and O–H groups in total. The van der Waals surface area contributed by atoms with Crippen molar-refractivity contribution in [1.29, 1.82) is 0 Å². The molecule has 1 aromatic carbocycles. The van der Waals surface area contributed by atoms with E-state index in [1.807, 2.05) is 30.3 Å². The number of hydrogen-bond donors (Lipinski definition) is 0. The van der Waals surface area contributed by atoms with E-state index in [1.54, 1.807) is 30.7 Å². The Morgan fingerprint density at radius 3 is 2.71 bits per heavy atom. The summed E-state index contributed by atoms with van der Waals surface area (Å²) >= 11 is 0. The zero-order valence-electron chi connectivity index (χ0n) is 14.0. The van der Waals surface area contributed by atoms with Gasteiger partial charge < -0.3 is 14.0 Å². The van der Waals surface area contributed by atoms with E-state index in [9.17, 15) is 4.79 Å². The maximum Gasteiger partial charge on any atom is 0.354 e. The zero-order chi connectivity index (χ0) is 17.5. The van der Waals surface area contributed by atoms with Crippen molar-refractivity contribution in [3.8, 4) is 12.3 Å².